The van der Waals surface area contributed by atoms with Crippen molar-refractivity contribution in [3.63, 3.8) is 0 Å². The van der Waals surface area contributed by atoms with Gasteiger partial charge in [-0.25, -0.2) is 0 Å². The second-order valence-electron chi connectivity index (χ2n) is 4.71. The molecule has 0 amide bonds. The highest BCUT2D eigenvalue weighted by molar-refractivity contribution is 5.69. The molecule has 2 aromatic carbocycles. The van der Waals surface area contributed by atoms with Crippen LogP contribution in [0.25, 0.3) is 0 Å². The van der Waals surface area contributed by atoms with Gasteiger partial charge in [0.1, 0.15) is 6.07 Å². The number of hydrogen-bond donors (Lipinski definition) is 0. The molecule has 0 aromatic heterocycles. The van der Waals surface area contributed by atoms with Crippen molar-refractivity contribution in [2.75, 3.05) is 11.4 Å². The van der Waals surface area contributed by atoms with E-state index in [1.165, 1.54) is 5.56 Å². The lowest BCUT2D eigenvalue weighted by Crippen LogP contribution is -2.17. The lowest BCUT2D eigenvalue weighted by Gasteiger charge is -2.24. The van der Waals surface area contributed by atoms with Crippen molar-refractivity contribution in [2.45, 2.75) is 20.8 Å². The van der Waals surface area contributed by atoms with Crippen molar-refractivity contribution in [1.82, 2.24) is 0 Å². The fourth-order valence-electron chi connectivity index (χ4n) is 2.19. The van der Waals surface area contributed by atoms with Gasteiger partial charge in [-0.05, 0) is 50.6 Å². The first-order chi connectivity index (χ1) is 9.15. The Morgan fingerprint density at radius 1 is 1.00 bits per heavy atom. The molecular weight excluding hydrogens is 232 g/mol. The molecule has 0 fully saturated rings. The molecule has 0 radical (unpaired) electrons. The van der Waals surface area contributed by atoms with E-state index in [0.717, 1.165) is 29.0 Å². The SMILES string of the molecule is CCN(c1ccc(C)cc1)c1ccc(C)cc1C#N. The topological polar surface area (TPSA) is 27.0 Å². The molecule has 0 unspecified atom stereocenters. The Morgan fingerprint density at radius 2 is 1.63 bits per heavy atom. The number of benzene rings is 2. The van der Waals surface area contributed by atoms with E-state index in [-0.39, 0.29) is 0 Å². The average molecular weight is 250 g/mol. The summed E-state index contributed by atoms with van der Waals surface area (Å²) in [6.07, 6.45) is 0. The van der Waals surface area contributed by atoms with E-state index in [2.05, 4.69) is 49.1 Å². The number of rotatable bonds is 3. The molecule has 0 N–H and O–H groups in total. The van der Waals surface area contributed by atoms with E-state index < -0.39 is 0 Å². The lowest BCUT2D eigenvalue weighted by molar-refractivity contribution is 1.02. The van der Waals surface area contributed by atoms with Gasteiger partial charge in [-0.2, -0.15) is 5.26 Å². The van der Waals surface area contributed by atoms with Crippen molar-refractivity contribution in [2.24, 2.45) is 0 Å². The number of aryl methyl sites for hydroxylation is 2. The zero-order valence-electron chi connectivity index (χ0n) is 11.6. The first-order valence-electron chi connectivity index (χ1n) is 6.50. The van der Waals surface area contributed by atoms with Crippen LogP contribution in [-0.2, 0) is 0 Å². The summed E-state index contributed by atoms with van der Waals surface area (Å²) >= 11 is 0. The van der Waals surface area contributed by atoms with Gasteiger partial charge in [-0.3, -0.25) is 0 Å². The molecule has 0 aliphatic heterocycles. The van der Waals surface area contributed by atoms with Crippen molar-refractivity contribution >= 4 is 11.4 Å². The number of hydrogen-bond acceptors (Lipinski definition) is 2. The van der Waals surface area contributed by atoms with Crippen LogP contribution in [-0.4, -0.2) is 6.54 Å². The van der Waals surface area contributed by atoms with Gasteiger partial charge in [-0.1, -0.05) is 23.8 Å². The Balaban J connectivity index is 2.48. The van der Waals surface area contributed by atoms with Gasteiger partial charge in [0.2, 0.25) is 0 Å². The van der Waals surface area contributed by atoms with E-state index in [9.17, 15) is 5.26 Å². The number of nitrogens with zero attached hydrogens (tertiary/aromatic N) is 2. The zero-order valence-corrected chi connectivity index (χ0v) is 11.6. The molecule has 0 bridgehead atoms. The van der Waals surface area contributed by atoms with Gasteiger partial charge < -0.3 is 4.90 Å². The molecule has 0 atom stereocenters. The van der Waals surface area contributed by atoms with Gasteiger partial charge in [0.25, 0.3) is 0 Å². The molecule has 0 aliphatic rings. The summed E-state index contributed by atoms with van der Waals surface area (Å²) in [6.45, 7) is 7.01. The minimum absolute atomic E-state index is 0.724. The first kappa shape index (κ1) is 13.2. The monoisotopic (exact) mass is 250 g/mol. The van der Waals surface area contributed by atoms with Gasteiger partial charge in [0.05, 0.1) is 11.3 Å². The van der Waals surface area contributed by atoms with Crippen LogP contribution in [0, 0.1) is 25.2 Å². The third kappa shape index (κ3) is 2.77. The summed E-state index contributed by atoms with van der Waals surface area (Å²) in [4.78, 5) is 2.16. The van der Waals surface area contributed by atoms with Crippen LogP contribution in [0.2, 0.25) is 0 Å². The Morgan fingerprint density at radius 3 is 2.21 bits per heavy atom. The van der Waals surface area contributed by atoms with E-state index in [1.807, 2.05) is 25.1 Å². The molecule has 19 heavy (non-hydrogen) atoms. The van der Waals surface area contributed by atoms with Crippen LogP contribution in [0.15, 0.2) is 42.5 Å². The van der Waals surface area contributed by atoms with E-state index in [0.29, 0.717) is 0 Å². The summed E-state index contributed by atoms with van der Waals surface area (Å²) in [5, 5.41) is 9.30. The van der Waals surface area contributed by atoms with Crippen LogP contribution in [0.4, 0.5) is 11.4 Å². The molecule has 2 rings (SSSR count). The molecule has 0 saturated heterocycles. The minimum Gasteiger partial charge on any atom is -0.341 e. The van der Waals surface area contributed by atoms with Crippen LogP contribution >= 0.6 is 0 Å². The minimum atomic E-state index is 0.724. The number of anilines is 2. The third-order valence-electron chi connectivity index (χ3n) is 3.23. The predicted octanol–water partition coefficient (Wildman–Crippen LogP) is 4.33. The summed E-state index contributed by atoms with van der Waals surface area (Å²) in [6, 6.07) is 16.7. The van der Waals surface area contributed by atoms with Crippen LogP contribution in [0.5, 0.6) is 0 Å². The second kappa shape index (κ2) is 5.58. The van der Waals surface area contributed by atoms with Gasteiger partial charge in [0.15, 0.2) is 0 Å². The fourth-order valence-corrected chi connectivity index (χ4v) is 2.19. The van der Waals surface area contributed by atoms with Crippen LogP contribution < -0.4 is 4.90 Å². The molecule has 2 aromatic rings. The van der Waals surface area contributed by atoms with E-state index in [1.54, 1.807) is 0 Å². The standard InChI is InChI=1S/C17H18N2/c1-4-19(16-8-5-13(2)6-9-16)17-10-7-14(3)11-15(17)12-18/h5-11H,4H2,1-3H3. The molecule has 0 aliphatic carbocycles. The third-order valence-corrected chi connectivity index (χ3v) is 3.23. The first-order valence-corrected chi connectivity index (χ1v) is 6.50. The molecule has 2 heteroatoms. The van der Waals surface area contributed by atoms with E-state index >= 15 is 0 Å². The maximum Gasteiger partial charge on any atom is 0.101 e. The molecule has 0 saturated carbocycles. The Labute approximate surface area is 114 Å². The maximum absolute atomic E-state index is 9.30. The Bertz CT molecular complexity index is 606. The summed E-state index contributed by atoms with van der Waals surface area (Å²) in [5.41, 5.74) is 5.17. The average Bonchev–Trinajstić information content (AvgIpc) is 2.43. The predicted molar refractivity (Wildman–Crippen MR) is 79.8 cm³/mol. The van der Waals surface area contributed by atoms with E-state index in [4.69, 9.17) is 0 Å². The molecule has 0 spiro atoms. The lowest BCUT2D eigenvalue weighted by atomic mass is 10.1. The molecule has 2 nitrogen and oxygen atoms in total. The number of nitriles is 1. The van der Waals surface area contributed by atoms with Crippen molar-refractivity contribution < 1.29 is 0 Å². The zero-order chi connectivity index (χ0) is 13.8. The quantitative estimate of drug-likeness (QED) is 0.810. The highest BCUT2D eigenvalue weighted by atomic mass is 15.1. The van der Waals surface area contributed by atoms with Crippen molar-refractivity contribution in [3.05, 3.63) is 59.2 Å². The van der Waals surface area contributed by atoms with Crippen molar-refractivity contribution in [1.29, 1.82) is 5.26 Å². The second-order valence-corrected chi connectivity index (χ2v) is 4.71. The molecular formula is C17H18N2. The summed E-state index contributed by atoms with van der Waals surface area (Å²) in [7, 11) is 0. The van der Waals surface area contributed by atoms with Crippen LogP contribution in [0.1, 0.15) is 23.6 Å². The normalized spacial score (nSPS) is 10.0. The Hall–Kier alpha value is -2.27. The van der Waals surface area contributed by atoms with Gasteiger partial charge in [-0.15, -0.1) is 0 Å². The van der Waals surface area contributed by atoms with Gasteiger partial charge in [0, 0.05) is 12.2 Å². The fraction of sp³-hybridized carbons (Fsp3) is 0.235. The summed E-state index contributed by atoms with van der Waals surface area (Å²) < 4.78 is 0. The summed E-state index contributed by atoms with van der Waals surface area (Å²) in [5.74, 6) is 0. The molecule has 0 heterocycles. The van der Waals surface area contributed by atoms with Crippen LogP contribution in [0.3, 0.4) is 0 Å². The largest absolute Gasteiger partial charge is 0.341 e. The van der Waals surface area contributed by atoms with Gasteiger partial charge >= 0.3 is 0 Å². The Kier molecular flexibility index (Phi) is 3.87. The maximum atomic E-state index is 9.30. The molecule has 96 valence electrons. The highest BCUT2D eigenvalue weighted by Crippen LogP contribution is 2.28. The smallest absolute Gasteiger partial charge is 0.101 e. The highest BCUT2D eigenvalue weighted by Gasteiger charge is 2.11. The van der Waals surface area contributed by atoms with Crippen molar-refractivity contribution in [3.8, 4) is 6.07 Å².